The highest BCUT2D eigenvalue weighted by Crippen LogP contribution is 2.45. The Labute approximate surface area is 128 Å². The van der Waals surface area contributed by atoms with E-state index in [0.29, 0.717) is 0 Å². The van der Waals surface area contributed by atoms with Crippen LogP contribution in [-0.4, -0.2) is 39.7 Å². The van der Waals surface area contributed by atoms with Gasteiger partial charge in [0.15, 0.2) is 5.60 Å². The zero-order valence-corrected chi connectivity index (χ0v) is 12.9. The first-order valence-corrected chi connectivity index (χ1v) is 8.28. The maximum atomic E-state index is 11.7. The largest absolute Gasteiger partial charge is 0.377 e. The van der Waals surface area contributed by atoms with Gasteiger partial charge in [-0.25, -0.2) is 4.98 Å². The molecule has 4 rings (SSSR count). The highest BCUT2D eigenvalue weighted by atomic mass is 32.1. The van der Waals surface area contributed by atoms with Crippen molar-refractivity contribution in [3.8, 4) is 0 Å². The van der Waals surface area contributed by atoms with Gasteiger partial charge < -0.3 is 14.6 Å². The van der Waals surface area contributed by atoms with Crippen molar-refractivity contribution < 1.29 is 5.11 Å². The first-order chi connectivity index (χ1) is 10.2. The molecule has 0 spiro atoms. The Morgan fingerprint density at radius 1 is 1.38 bits per heavy atom. The predicted octanol–water partition coefficient (Wildman–Crippen LogP) is 2.46. The molecule has 0 saturated carbocycles. The minimum atomic E-state index is -0.983. The number of piperidine rings is 1. The van der Waals surface area contributed by atoms with Gasteiger partial charge in [-0.2, -0.15) is 0 Å². The van der Waals surface area contributed by atoms with Gasteiger partial charge in [0.1, 0.15) is 5.82 Å². The Hall–Kier alpha value is -1.43. The van der Waals surface area contributed by atoms with E-state index in [1.54, 1.807) is 17.5 Å². The van der Waals surface area contributed by atoms with Crippen LogP contribution in [0, 0.1) is 5.92 Å². The quantitative estimate of drug-likeness (QED) is 0.880. The predicted molar refractivity (Wildman–Crippen MR) is 85.0 cm³/mol. The van der Waals surface area contributed by atoms with Gasteiger partial charge in [-0.05, 0) is 50.5 Å². The van der Waals surface area contributed by atoms with Gasteiger partial charge in [-0.15, -0.1) is 11.3 Å². The number of aromatic nitrogens is 2. The molecule has 0 aromatic carbocycles. The highest BCUT2D eigenvalue weighted by Gasteiger charge is 2.46. The lowest BCUT2D eigenvalue weighted by Gasteiger charge is -2.40. The summed E-state index contributed by atoms with van der Waals surface area (Å²) in [5.74, 6) is 0.966. The molecule has 5 heteroatoms. The fourth-order valence-corrected chi connectivity index (χ4v) is 4.43. The van der Waals surface area contributed by atoms with Crippen LogP contribution in [0.1, 0.15) is 29.1 Å². The van der Waals surface area contributed by atoms with E-state index in [0.717, 1.165) is 42.2 Å². The maximum absolute atomic E-state index is 11.7. The minimum absolute atomic E-state index is 0.211. The van der Waals surface area contributed by atoms with E-state index in [1.165, 1.54) is 0 Å². The average molecular weight is 301 g/mol. The molecular formula is C16H19N3OS. The molecule has 0 radical (unpaired) electrons. The van der Waals surface area contributed by atoms with Crippen LogP contribution >= 0.6 is 11.3 Å². The van der Waals surface area contributed by atoms with E-state index in [2.05, 4.69) is 34.5 Å². The van der Waals surface area contributed by atoms with Crippen LogP contribution in [0.5, 0.6) is 0 Å². The van der Waals surface area contributed by atoms with Gasteiger partial charge in [0.05, 0.1) is 0 Å². The molecule has 2 aromatic rings. The van der Waals surface area contributed by atoms with Crippen molar-refractivity contribution in [2.75, 3.05) is 20.1 Å². The summed E-state index contributed by atoms with van der Waals surface area (Å²) in [6.07, 6.45) is 9.77. The second-order valence-electron chi connectivity index (χ2n) is 6.02. The van der Waals surface area contributed by atoms with Crippen molar-refractivity contribution >= 4 is 23.6 Å². The molecule has 2 aliphatic rings. The number of hydrogen-bond donors (Lipinski definition) is 1. The maximum Gasteiger partial charge on any atom is 0.152 e. The summed E-state index contributed by atoms with van der Waals surface area (Å²) in [4.78, 5) is 7.97. The molecule has 4 nitrogen and oxygen atoms in total. The lowest BCUT2D eigenvalue weighted by Crippen LogP contribution is -2.44. The third kappa shape index (κ3) is 1.92. The van der Waals surface area contributed by atoms with Gasteiger partial charge in [-0.3, -0.25) is 0 Å². The van der Waals surface area contributed by atoms with Crippen LogP contribution in [0.4, 0.5) is 0 Å². The molecule has 1 fully saturated rings. The summed E-state index contributed by atoms with van der Waals surface area (Å²) in [6.45, 7) is 2.06. The first-order valence-electron chi connectivity index (χ1n) is 7.40. The Kier molecular flexibility index (Phi) is 3.03. The molecule has 4 heterocycles. The van der Waals surface area contributed by atoms with E-state index in [1.807, 2.05) is 17.0 Å². The minimum Gasteiger partial charge on any atom is -0.377 e. The second kappa shape index (κ2) is 4.80. The van der Waals surface area contributed by atoms with Crippen molar-refractivity contribution in [3.05, 3.63) is 40.1 Å². The van der Waals surface area contributed by atoms with Crippen LogP contribution in [0.25, 0.3) is 12.3 Å². The molecular weight excluding hydrogens is 282 g/mol. The molecule has 1 atom stereocenters. The molecule has 0 amide bonds. The molecule has 0 bridgehead atoms. The Bertz CT molecular complexity index is 635. The molecule has 1 N–H and O–H groups in total. The Balaban J connectivity index is 1.86. The second-order valence-corrected chi connectivity index (χ2v) is 6.96. The first kappa shape index (κ1) is 13.2. The van der Waals surface area contributed by atoms with Crippen molar-refractivity contribution in [2.45, 2.75) is 18.4 Å². The highest BCUT2D eigenvalue weighted by molar-refractivity contribution is 7.11. The van der Waals surface area contributed by atoms with Crippen molar-refractivity contribution in [1.82, 2.24) is 14.5 Å². The number of fused-ring (bicyclic) bond motifs is 2. The Morgan fingerprint density at radius 3 is 3.00 bits per heavy atom. The van der Waals surface area contributed by atoms with Crippen LogP contribution in [0.15, 0.2) is 23.8 Å². The van der Waals surface area contributed by atoms with Gasteiger partial charge in [0, 0.05) is 35.0 Å². The van der Waals surface area contributed by atoms with E-state index in [4.69, 9.17) is 0 Å². The van der Waals surface area contributed by atoms with Gasteiger partial charge in [-0.1, -0.05) is 0 Å². The zero-order valence-electron chi connectivity index (χ0n) is 12.1. The summed E-state index contributed by atoms with van der Waals surface area (Å²) in [6, 6.07) is 2.06. The summed E-state index contributed by atoms with van der Waals surface area (Å²) in [5, 5.41) is 13.8. The number of likely N-dealkylation sites (tertiary alicyclic amines) is 1. The molecule has 1 saturated heterocycles. The van der Waals surface area contributed by atoms with E-state index in [-0.39, 0.29) is 5.92 Å². The topological polar surface area (TPSA) is 41.3 Å². The Morgan fingerprint density at radius 2 is 2.19 bits per heavy atom. The molecule has 21 heavy (non-hydrogen) atoms. The monoisotopic (exact) mass is 301 g/mol. The van der Waals surface area contributed by atoms with E-state index in [9.17, 15) is 5.11 Å². The summed E-state index contributed by atoms with van der Waals surface area (Å²) in [5.41, 5.74) is 0.0344. The summed E-state index contributed by atoms with van der Waals surface area (Å²) < 4.78 is 1.96. The normalized spacial score (nSPS) is 26.4. The number of aliphatic hydroxyl groups is 1. The zero-order chi connectivity index (χ0) is 14.4. The van der Waals surface area contributed by atoms with Crippen LogP contribution in [-0.2, 0) is 5.60 Å². The standard InChI is InChI=1S/C16H19N3OS/c1-18-7-2-12(3-8-18)16(20)13-5-11-21-14(13)4-9-19-10-6-17-15(16)19/h4-6,9-12,20H,2-3,7-8H2,1H3. The van der Waals surface area contributed by atoms with Crippen molar-refractivity contribution in [3.63, 3.8) is 0 Å². The summed E-state index contributed by atoms with van der Waals surface area (Å²) >= 11 is 1.68. The third-order valence-electron chi connectivity index (χ3n) is 4.81. The fourth-order valence-electron chi connectivity index (χ4n) is 3.59. The molecule has 1 unspecified atom stereocenters. The molecule has 2 aromatic heterocycles. The van der Waals surface area contributed by atoms with Gasteiger partial charge in [0.2, 0.25) is 0 Å². The van der Waals surface area contributed by atoms with Crippen LogP contribution in [0.2, 0.25) is 0 Å². The lowest BCUT2D eigenvalue weighted by molar-refractivity contribution is -0.0182. The molecule has 0 aliphatic carbocycles. The van der Waals surface area contributed by atoms with Crippen molar-refractivity contribution in [2.24, 2.45) is 5.92 Å². The number of nitrogens with zero attached hydrogens (tertiary/aromatic N) is 3. The number of rotatable bonds is 1. The number of thiophene rings is 1. The SMILES string of the molecule is CN1CCC(C2(O)c3ccsc3C=Cn3ccnc32)CC1. The molecule has 110 valence electrons. The average Bonchev–Trinajstić information content (AvgIpc) is 3.13. The van der Waals surface area contributed by atoms with Gasteiger partial charge >= 0.3 is 0 Å². The summed E-state index contributed by atoms with van der Waals surface area (Å²) in [7, 11) is 2.14. The van der Waals surface area contributed by atoms with E-state index < -0.39 is 5.60 Å². The lowest BCUT2D eigenvalue weighted by atomic mass is 9.75. The smallest absolute Gasteiger partial charge is 0.152 e. The fraction of sp³-hybridized carbons (Fsp3) is 0.438. The van der Waals surface area contributed by atoms with Crippen molar-refractivity contribution in [1.29, 1.82) is 0 Å². The number of imidazole rings is 1. The van der Waals surface area contributed by atoms with Crippen LogP contribution < -0.4 is 0 Å². The number of hydrogen-bond acceptors (Lipinski definition) is 4. The van der Waals surface area contributed by atoms with Crippen LogP contribution in [0.3, 0.4) is 0 Å². The molecule has 2 aliphatic heterocycles. The van der Waals surface area contributed by atoms with E-state index >= 15 is 0 Å². The van der Waals surface area contributed by atoms with Gasteiger partial charge in [0.25, 0.3) is 0 Å². The third-order valence-corrected chi connectivity index (χ3v) is 5.69.